The highest BCUT2D eigenvalue weighted by atomic mass is 16.4. The first-order valence-corrected chi connectivity index (χ1v) is 6.56. The van der Waals surface area contributed by atoms with Gasteiger partial charge in [-0.3, -0.25) is 19.8 Å². The van der Waals surface area contributed by atoms with E-state index < -0.39 is 23.9 Å². The van der Waals surface area contributed by atoms with Gasteiger partial charge in [-0.2, -0.15) is 0 Å². The minimum atomic E-state index is -0.975. The van der Waals surface area contributed by atoms with Gasteiger partial charge in [0.2, 0.25) is 5.91 Å². The molecule has 1 unspecified atom stereocenters. The lowest BCUT2D eigenvalue weighted by molar-refractivity contribution is -0.144. The summed E-state index contributed by atoms with van der Waals surface area (Å²) in [7, 11) is 1.40. The summed E-state index contributed by atoms with van der Waals surface area (Å²) in [5, 5.41) is 13.7. The van der Waals surface area contributed by atoms with Crippen LogP contribution in [0.5, 0.6) is 0 Å². The van der Waals surface area contributed by atoms with Crippen molar-refractivity contribution in [1.82, 2.24) is 15.5 Å². The summed E-state index contributed by atoms with van der Waals surface area (Å²) in [6.07, 6.45) is 0.346. The molecule has 1 aromatic carbocycles. The lowest BCUT2D eigenvalue weighted by atomic mass is 9.94. The molecule has 3 amide bonds. The molecule has 21 heavy (non-hydrogen) atoms. The Bertz CT molecular complexity index is 573. The minimum absolute atomic E-state index is 0.140. The summed E-state index contributed by atoms with van der Waals surface area (Å²) in [4.78, 5) is 35.8. The average molecular weight is 291 g/mol. The van der Waals surface area contributed by atoms with E-state index in [2.05, 4.69) is 10.6 Å². The third-order valence-corrected chi connectivity index (χ3v) is 3.46. The van der Waals surface area contributed by atoms with Gasteiger partial charge >= 0.3 is 12.0 Å². The third-order valence-electron chi connectivity index (χ3n) is 3.46. The number of hydrogen-bond acceptors (Lipinski definition) is 4. The molecule has 1 aromatic rings. The molecular weight excluding hydrogens is 274 g/mol. The summed E-state index contributed by atoms with van der Waals surface area (Å²) in [5.74, 6) is -1.50. The maximum absolute atomic E-state index is 11.8. The van der Waals surface area contributed by atoms with Crippen molar-refractivity contribution in [2.75, 3.05) is 13.6 Å². The lowest BCUT2D eigenvalue weighted by Gasteiger charge is -2.33. The summed E-state index contributed by atoms with van der Waals surface area (Å²) in [6.45, 7) is 0.229. The second-order valence-electron chi connectivity index (χ2n) is 4.86. The number of carboxylic acids is 1. The number of hydrogen-bond donors (Lipinski definition) is 3. The molecule has 0 aromatic heterocycles. The summed E-state index contributed by atoms with van der Waals surface area (Å²) in [5.41, 5.74) is 1.98. The zero-order chi connectivity index (χ0) is 15.4. The number of nitrogens with zero attached hydrogens (tertiary/aromatic N) is 1. The fraction of sp³-hybridized carbons (Fsp3) is 0.357. The standard InChI is InChI=1S/C14H17N3O4/c1-15-14(21)16-12(18)8-17-7-10-5-3-2-4-9(10)6-11(17)13(19)20/h2-5,11H,6-8H2,1H3,(H,19,20)(H2,15,16,18,21). The number of nitrogens with one attached hydrogen (secondary N) is 2. The first kappa shape index (κ1) is 15.0. The molecule has 1 aliphatic rings. The van der Waals surface area contributed by atoms with Gasteiger partial charge in [0.1, 0.15) is 6.04 Å². The highest BCUT2D eigenvalue weighted by molar-refractivity contribution is 5.95. The molecule has 1 heterocycles. The van der Waals surface area contributed by atoms with Crippen LogP contribution >= 0.6 is 0 Å². The molecule has 0 spiro atoms. The number of urea groups is 1. The highest BCUT2D eigenvalue weighted by Crippen LogP contribution is 2.23. The normalized spacial score (nSPS) is 17.7. The predicted octanol–water partition coefficient (Wildman–Crippen LogP) is -0.0465. The molecule has 0 aliphatic carbocycles. The van der Waals surface area contributed by atoms with E-state index in [9.17, 15) is 19.5 Å². The number of aliphatic carboxylic acids is 1. The van der Waals surface area contributed by atoms with E-state index in [1.165, 1.54) is 7.05 Å². The fourth-order valence-electron chi connectivity index (χ4n) is 2.40. The number of imide groups is 1. The number of carboxylic acid groups (broad SMARTS) is 1. The van der Waals surface area contributed by atoms with Crippen LogP contribution in [0.15, 0.2) is 24.3 Å². The number of carbonyl (C=O) groups excluding carboxylic acids is 2. The molecule has 1 atom stereocenters. The number of carbonyl (C=O) groups is 3. The van der Waals surface area contributed by atoms with Crippen LogP contribution in [0.2, 0.25) is 0 Å². The second-order valence-corrected chi connectivity index (χ2v) is 4.86. The van der Waals surface area contributed by atoms with Crippen LogP contribution in [0.4, 0.5) is 4.79 Å². The van der Waals surface area contributed by atoms with Gasteiger partial charge in [0.15, 0.2) is 0 Å². The van der Waals surface area contributed by atoms with Crippen molar-refractivity contribution in [3.05, 3.63) is 35.4 Å². The molecule has 0 fully saturated rings. The van der Waals surface area contributed by atoms with E-state index >= 15 is 0 Å². The van der Waals surface area contributed by atoms with Crippen LogP contribution in [0, 0.1) is 0 Å². The second kappa shape index (κ2) is 6.36. The first-order chi connectivity index (χ1) is 10.0. The van der Waals surface area contributed by atoms with Gasteiger partial charge in [-0.1, -0.05) is 24.3 Å². The Balaban J connectivity index is 2.11. The van der Waals surface area contributed by atoms with Gasteiger partial charge < -0.3 is 10.4 Å². The maximum Gasteiger partial charge on any atom is 0.321 e. The van der Waals surface area contributed by atoms with Crippen molar-refractivity contribution in [2.45, 2.75) is 19.0 Å². The SMILES string of the molecule is CNC(=O)NC(=O)CN1Cc2ccccc2CC1C(=O)O. The largest absolute Gasteiger partial charge is 0.480 e. The van der Waals surface area contributed by atoms with Gasteiger partial charge in [0.05, 0.1) is 6.54 Å². The van der Waals surface area contributed by atoms with Crippen molar-refractivity contribution in [2.24, 2.45) is 0 Å². The molecule has 7 heteroatoms. The molecule has 0 radical (unpaired) electrons. The number of amides is 3. The van der Waals surface area contributed by atoms with Crippen molar-refractivity contribution >= 4 is 17.9 Å². The van der Waals surface area contributed by atoms with Gasteiger partial charge in [-0.05, 0) is 17.5 Å². The Morgan fingerprint density at radius 2 is 1.95 bits per heavy atom. The van der Waals surface area contributed by atoms with E-state index in [1.807, 2.05) is 24.3 Å². The lowest BCUT2D eigenvalue weighted by Crippen LogP contribution is -2.51. The van der Waals surface area contributed by atoms with E-state index in [4.69, 9.17) is 0 Å². The number of benzene rings is 1. The zero-order valence-corrected chi connectivity index (χ0v) is 11.6. The average Bonchev–Trinajstić information content (AvgIpc) is 2.46. The van der Waals surface area contributed by atoms with Crippen LogP contribution in [0.1, 0.15) is 11.1 Å². The van der Waals surface area contributed by atoms with Crippen LogP contribution < -0.4 is 10.6 Å². The number of fused-ring (bicyclic) bond motifs is 1. The van der Waals surface area contributed by atoms with Crippen molar-refractivity contribution in [1.29, 1.82) is 0 Å². The summed E-state index contributed by atoms with van der Waals surface area (Å²) in [6, 6.07) is 6.18. The molecule has 0 saturated heterocycles. The molecule has 1 aliphatic heterocycles. The van der Waals surface area contributed by atoms with Crippen LogP contribution in [0.25, 0.3) is 0 Å². The Morgan fingerprint density at radius 1 is 1.29 bits per heavy atom. The molecule has 112 valence electrons. The topological polar surface area (TPSA) is 98.7 Å². The molecule has 2 rings (SSSR count). The quantitative estimate of drug-likeness (QED) is 0.725. The third kappa shape index (κ3) is 3.57. The molecule has 3 N–H and O–H groups in total. The van der Waals surface area contributed by atoms with Crippen LogP contribution in [-0.4, -0.2) is 47.5 Å². The Labute approximate surface area is 121 Å². The van der Waals surface area contributed by atoms with Gasteiger partial charge in [-0.15, -0.1) is 0 Å². The molecule has 7 nitrogen and oxygen atoms in total. The summed E-state index contributed by atoms with van der Waals surface area (Å²) >= 11 is 0. The van der Waals surface area contributed by atoms with Crippen molar-refractivity contribution < 1.29 is 19.5 Å². The molecule has 0 saturated carbocycles. The zero-order valence-electron chi connectivity index (χ0n) is 11.6. The molecular formula is C14H17N3O4. The van der Waals surface area contributed by atoms with Crippen molar-refractivity contribution in [3.8, 4) is 0 Å². The Hall–Kier alpha value is -2.41. The summed E-state index contributed by atoms with van der Waals surface area (Å²) < 4.78 is 0. The van der Waals surface area contributed by atoms with Crippen molar-refractivity contribution in [3.63, 3.8) is 0 Å². The monoisotopic (exact) mass is 291 g/mol. The smallest absolute Gasteiger partial charge is 0.321 e. The van der Waals surface area contributed by atoms with Gasteiger partial charge in [0.25, 0.3) is 0 Å². The van der Waals surface area contributed by atoms with E-state index in [-0.39, 0.29) is 6.54 Å². The minimum Gasteiger partial charge on any atom is -0.480 e. The predicted molar refractivity (Wildman–Crippen MR) is 74.6 cm³/mol. The number of rotatable bonds is 3. The Morgan fingerprint density at radius 3 is 2.57 bits per heavy atom. The van der Waals surface area contributed by atoms with E-state index in [1.54, 1.807) is 4.90 Å². The fourth-order valence-corrected chi connectivity index (χ4v) is 2.40. The highest BCUT2D eigenvalue weighted by Gasteiger charge is 2.32. The van der Waals surface area contributed by atoms with Crippen LogP contribution in [0.3, 0.4) is 0 Å². The van der Waals surface area contributed by atoms with E-state index in [0.29, 0.717) is 13.0 Å². The van der Waals surface area contributed by atoms with Gasteiger partial charge in [-0.25, -0.2) is 4.79 Å². The van der Waals surface area contributed by atoms with Gasteiger partial charge in [0, 0.05) is 13.6 Å². The maximum atomic E-state index is 11.8. The Kier molecular flexibility index (Phi) is 4.54. The van der Waals surface area contributed by atoms with Crippen LogP contribution in [-0.2, 0) is 22.6 Å². The molecule has 0 bridgehead atoms. The van der Waals surface area contributed by atoms with E-state index in [0.717, 1.165) is 11.1 Å². The first-order valence-electron chi connectivity index (χ1n) is 6.56.